The summed E-state index contributed by atoms with van der Waals surface area (Å²) in [6.45, 7) is 6.88. The fourth-order valence-electron chi connectivity index (χ4n) is 3.36. The molecular weight excluding hydrogens is 386 g/mol. The Morgan fingerprint density at radius 2 is 1.96 bits per heavy atom. The Morgan fingerprint density at radius 3 is 2.60 bits per heavy atom. The lowest BCUT2D eigenvalue weighted by atomic mass is 9.86. The second-order valence-electron chi connectivity index (χ2n) is 7.73. The molecule has 3 rings (SSSR count). The number of carbonyl (C=O) groups excluding carboxylic acids is 2. The Balaban J connectivity index is 1.60. The molecule has 6 heteroatoms. The second-order valence-corrected chi connectivity index (χ2v) is 8.64. The van der Waals surface area contributed by atoms with Crippen LogP contribution in [0.2, 0.25) is 0 Å². The van der Waals surface area contributed by atoms with Gasteiger partial charge in [0.15, 0.2) is 5.78 Å². The zero-order valence-corrected chi connectivity index (χ0v) is 16.5. The van der Waals surface area contributed by atoms with Gasteiger partial charge in [0.2, 0.25) is 0 Å². The molecular formula is C19H24BrNO4. The van der Waals surface area contributed by atoms with E-state index in [2.05, 4.69) is 15.9 Å². The number of nitrogens with zero attached hydrogens (tertiary/aromatic N) is 1. The molecule has 0 saturated carbocycles. The first-order valence-corrected chi connectivity index (χ1v) is 9.49. The second kappa shape index (κ2) is 6.98. The molecule has 0 aliphatic carbocycles. The van der Waals surface area contributed by atoms with Crippen LogP contribution in [0.1, 0.15) is 50.4 Å². The van der Waals surface area contributed by atoms with Crippen molar-refractivity contribution >= 4 is 27.8 Å². The van der Waals surface area contributed by atoms with Gasteiger partial charge in [-0.2, -0.15) is 0 Å². The van der Waals surface area contributed by atoms with Crippen LogP contribution in [0.4, 0.5) is 4.79 Å². The van der Waals surface area contributed by atoms with Crippen LogP contribution < -0.4 is 4.74 Å². The summed E-state index contributed by atoms with van der Waals surface area (Å²) in [5.41, 5.74) is 0.176. The van der Waals surface area contributed by atoms with Crippen LogP contribution in [-0.2, 0) is 4.74 Å². The molecule has 0 N–H and O–H groups in total. The van der Waals surface area contributed by atoms with Gasteiger partial charge in [-0.25, -0.2) is 4.79 Å². The molecule has 1 amide bonds. The highest BCUT2D eigenvalue weighted by Gasteiger charge is 2.36. The third-order valence-corrected chi connectivity index (χ3v) is 5.12. The summed E-state index contributed by atoms with van der Waals surface area (Å²) in [7, 11) is 0. The first kappa shape index (κ1) is 18.2. The van der Waals surface area contributed by atoms with Gasteiger partial charge < -0.3 is 14.4 Å². The summed E-state index contributed by atoms with van der Waals surface area (Å²) in [6, 6.07) is 5.53. The molecule has 1 aromatic carbocycles. The van der Waals surface area contributed by atoms with E-state index in [1.165, 1.54) is 0 Å². The average Bonchev–Trinajstić information content (AvgIpc) is 2.53. The number of hydrogen-bond donors (Lipinski definition) is 0. The van der Waals surface area contributed by atoms with E-state index in [9.17, 15) is 9.59 Å². The first-order valence-electron chi connectivity index (χ1n) is 8.70. The molecule has 2 aliphatic heterocycles. The van der Waals surface area contributed by atoms with Crippen LogP contribution in [0, 0.1) is 5.92 Å². The summed E-state index contributed by atoms with van der Waals surface area (Å²) in [6.07, 6.45) is 1.67. The Hall–Kier alpha value is -1.56. The van der Waals surface area contributed by atoms with Crippen LogP contribution in [0.15, 0.2) is 22.7 Å². The number of hydrogen-bond acceptors (Lipinski definition) is 4. The maximum absolute atomic E-state index is 12.4. The molecule has 0 bridgehead atoms. The molecule has 1 saturated heterocycles. The normalized spacial score (nSPS) is 21.5. The van der Waals surface area contributed by atoms with E-state index in [0.717, 1.165) is 17.3 Å². The maximum atomic E-state index is 12.4. The zero-order chi connectivity index (χ0) is 18.2. The molecule has 1 aromatic rings. The smallest absolute Gasteiger partial charge is 0.410 e. The molecule has 2 heterocycles. The standard InChI is InChI=1S/C19H24BrNO4/c1-19(2,3)25-18(23)21-8-6-12(7-9-21)16-11-15(22)14-5-4-13(20)10-17(14)24-16/h4-5,10,12,16H,6-9,11H2,1-3H3. The number of ether oxygens (including phenoxy) is 2. The number of fused-ring (bicyclic) bond motifs is 1. The number of likely N-dealkylation sites (tertiary alicyclic amines) is 1. The number of piperidine rings is 1. The van der Waals surface area contributed by atoms with Crippen LogP contribution in [0.25, 0.3) is 0 Å². The number of rotatable bonds is 1. The van der Waals surface area contributed by atoms with Crippen molar-refractivity contribution in [2.75, 3.05) is 13.1 Å². The van der Waals surface area contributed by atoms with Crippen molar-refractivity contribution in [3.63, 3.8) is 0 Å². The number of amides is 1. The van der Waals surface area contributed by atoms with Crippen molar-refractivity contribution in [1.29, 1.82) is 0 Å². The van der Waals surface area contributed by atoms with Crippen molar-refractivity contribution in [1.82, 2.24) is 4.90 Å². The number of Topliss-reactive ketones (excluding diaryl/α,β-unsaturated/α-hetero) is 1. The van der Waals surface area contributed by atoms with Crippen molar-refractivity contribution in [3.05, 3.63) is 28.2 Å². The predicted molar refractivity (Wildman–Crippen MR) is 98.0 cm³/mol. The lowest BCUT2D eigenvalue weighted by molar-refractivity contribution is 0.00901. The van der Waals surface area contributed by atoms with Gasteiger partial charge in [-0.3, -0.25) is 4.79 Å². The van der Waals surface area contributed by atoms with Crippen molar-refractivity contribution < 1.29 is 19.1 Å². The summed E-state index contributed by atoms with van der Waals surface area (Å²) in [5.74, 6) is 1.06. The zero-order valence-electron chi connectivity index (χ0n) is 14.9. The van der Waals surface area contributed by atoms with Crippen LogP contribution in [-0.4, -0.2) is 41.6 Å². The van der Waals surface area contributed by atoms with Gasteiger partial charge in [-0.15, -0.1) is 0 Å². The van der Waals surface area contributed by atoms with Crippen LogP contribution in [0.3, 0.4) is 0 Å². The Kier molecular flexibility index (Phi) is 5.09. The highest BCUT2D eigenvalue weighted by atomic mass is 79.9. The van der Waals surface area contributed by atoms with E-state index in [0.29, 0.717) is 30.8 Å². The molecule has 2 aliphatic rings. The topological polar surface area (TPSA) is 55.8 Å². The molecule has 0 radical (unpaired) electrons. The van der Waals surface area contributed by atoms with Crippen molar-refractivity contribution in [3.8, 4) is 5.75 Å². The summed E-state index contributed by atoms with van der Waals surface area (Å²) < 4.78 is 12.4. The van der Waals surface area contributed by atoms with Crippen LogP contribution >= 0.6 is 15.9 Å². The third-order valence-electron chi connectivity index (χ3n) is 4.63. The largest absolute Gasteiger partial charge is 0.489 e. The third kappa shape index (κ3) is 4.35. The minimum absolute atomic E-state index is 0.116. The summed E-state index contributed by atoms with van der Waals surface area (Å²) in [5, 5.41) is 0. The quantitative estimate of drug-likeness (QED) is 0.688. The molecule has 1 atom stereocenters. The van der Waals surface area contributed by atoms with Gasteiger partial charge in [0.05, 0.1) is 5.56 Å². The molecule has 136 valence electrons. The molecule has 1 fully saturated rings. The lowest BCUT2D eigenvalue weighted by Crippen LogP contribution is -2.45. The number of carbonyl (C=O) groups is 2. The van der Waals surface area contributed by atoms with Gasteiger partial charge >= 0.3 is 6.09 Å². The van der Waals surface area contributed by atoms with Gasteiger partial charge in [0, 0.05) is 24.0 Å². The van der Waals surface area contributed by atoms with E-state index < -0.39 is 5.60 Å². The van der Waals surface area contributed by atoms with Gasteiger partial charge in [-0.1, -0.05) is 15.9 Å². The molecule has 0 aromatic heterocycles. The van der Waals surface area contributed by atoms with Crippen LogP contribution in [0.5, 0.6) is 5.75 Å². The van der Waals surface area contributed by atoms with Gasteiger partial charge in [-0.05, 0) is 57.7 Å². The monoisotopic (exact) mass is 409 g/mol. The van der Waals surface area contributed by atoms with E-state index in [-0.39, 0.29) is 23.9 Å². The Morgan fingerprint density at radius 1 is 1.28 bits per heavy atom. The maximum Gasteiger partial charge on any atom is 0.410 e. The fourth-order valence-corrected chi connectivity index (χ4v) is 3.70. The molecule has 0 spiro atoms. The number of ketones is 1. The molecule has 1 unspecified atom stereocenters. The number of benzene rings is 1. The fraction of sp³-hybridized carbons (Fsp3) is 0.579. The van der Waals surface area contributed by atoms with E-state index in [1.807, 2.05) is 39.0 Å². The molecule has 5 nitrogen and oxygen atoms in total. The minimum atomic E-state index is -0.482. The molecule has 25 heavy (non-hydrogen) atoms. The minimum Gasteiger partial charge on any atom is -0.489 e. The summed E-state index contributed by atoms with van der Waals surface area (Å²) in [4.78, 5) is 26.3. The lowest BCUT2D eigenvalue weighted by Gasteiger charge is -2.38. The Bertz CT molecular complexity index is 674. The highest BCUT2D eigenvalue weighted by Crippen LogP contribution is 2.35. The first-order chi connectivity index (χ1) is 11.7. The summed E-state index contributed by atoms with van der Waals surface area (Å²) >= 11 is 3.42. The van der Waals surface area contributed by atoms with E-state index in [4.69, 9.17) is 9.47 Å². The number of halogens is 1. The van der Waals surface area contributed by atoms with Gasteiger partial charge in [0.25, 0.3) is 0 Å². The highest BCUT2D eigenvalue weighted by molar-refractivity contribution is 9.10. The van der Waals surface area contributed by atoms with Crippen molar-refractivity contribution in [2.24, 2.45) is 5.92 Å². The van der Waals surface area contributed by atoms with E-state index >= 15 is 0 Å². The predicted octanol–water partition coefficient (Wildman–Crippen LogP) is 4.43. The SMILES string of the molecule is CC(C)(C)OC(=O)N1CCC(C2CC(=O)c3ccc(Br)cc3O2)CC1. The Labute approximate surface area is 156 Å². The average molecular weight is 410 g/mol. The van der Waals surface area contributed by atoms with Crippen molar-refractivity contribution in [2.45, 2.75) is 51.7 Å². The van der Waals surface area contributed by atoms with Gasteiger partial charge in [0.1, 0.15) is 17.5 Å². The van der Waals surface area contributed by atoms with E-state index in [1.54, 1.807) is 4.90 Å².